The van der Waals surface area contributed by atoms with Crippen LogP contribution in [0.15, 0.2) is 36.4 Å². The van der Waals surface area contributed by atoms with Crippen LogP contribution in [-0.4, -0.2) is 36.7 Å². The Labute approximate surface area is 151 Å². The molecule has 140 valence electrons. The Hall–Kier alpha value is -3.22. The van der Waals surface area contributed by atoms with Crippen LogP contribution in [0.3, 0.4) is 0 Å². The number of carbonyl (C=O) groups excluding carboxylic acids is 2. The number of carbonyl (C=O) groups is 2. The van der Waals surface area contributed by atoms with Crippen molar-refractivity contribution in [2.75, 3.05) is 14.2 Å². The molecule has 0 heterocycles. The standard InChI is InChI=1S/C11H14O4.C8H8O3/c1-3-11(13)15-7-8-4-5-9(12)10(6-8)14-2;1-11-8-4-6(5-9)2-3-7(8)10/h4-6,12H,3,7H2,1-2H3;2-5,10H,1H3. The molecular weight excluding hydrogens is 340 g/mol. The summed E-state index contributed by atoms with van der Waals surface area (Å²) < 4.78 is 14.6. The molecule has 26 heavy (non-hydrogen) atoms. The van der Waals surface area contributed by atoms with E-state index in [1.165, 1.54) is 38.5 Å². The molecule has 2 rings (SSSR count). The number of benzene rings is 2. The van der Waals surface area contributed by atoms with Gasteiger partial charge in [0.1, 0.15) is 12.9 Å². The number of ether oxygens (including phenoxy) is 3. The van der Waals surface area contributed by atoms with Crippen LogP contribution in [0.4, 0.5) is 0 Å². The number of phenols is 2. The van der Waals surface area contributed by atoms with E-state index in [1.54, 1.807) is 19.1 Å². The summed E-state index contributed by atoms with van der Waals surface area (Å²) in [7, 11) is 2.90. The molecule has 2 aromatic rings. The van der Waals surface area contributed by atoms with Gasteiger partial charge in [-0.05, 0) is 35.9 Å². The van der Waals surface area contributed by atoms with Crippen molar-refractivity contribution in [2.24, 2.45) is 0 Å². The first-order valence-corrected chi connectivity index (χ1v) is 7.78. The van der Waals surface area contributed by atoms with Crippen molar-refractivity contribution in [3.8, 4) is 23.0 Å². The molecule has 2 N–H and O–H groups in total. The first kappa shape index (κ1) is 20.8. The van der Waals surface area contributed by atoms with Gasteiger partial charge in [0.2, 0.25) is 0 Å². The number of rotatable bonds is 6. The van der Waals surface area contributed by atoms with Gasteiger partial charge in [-0.1, -0.05) is 13.0 Å². The maximum absolute atomic E-state index is 10.9. The Balaban J connectivity index is 0.000000273. The van der Waals surface area contributed by atoms with Gasteiger partial charge >= 0.3 is 5.97 Å². The number of esters is 1. The zero-order chi connectivity index (χ0) is 19.5. The second-order valence-electron chi connectivity index (χ2n) is 5.07. The summed E-state index contributed by atoms with van der Waals surface area (Å²) in [6.07, 6.45) is 1.05. The van der Waals surface area contributed by atoms with Gasteiger partial charge in [-0.25, -0.2) is 0 Å². The number of hydrogen-bond acceptors (Lipinski definition) is 7. The van der Waals surface area contributed by atoms with E-state index in [4.69, 9.17) is 19.3 Å². The first-order valence-electron chi connectivity index (χ1n) is 7.78. The fourth-order valence-corrected chi connectivity index (χ4v) is 1.85. The summed E-state index contributed by atoms with van der Waals surface area (Å²) in [6.45, 7) is 1.93. The molecule has 0 aromatic heterocycles. The molecule has 0 aliphatic heterocycles. The lowest BCUT2D eigenvalue weighted by Gasteiger charge is -2.07. The molecular formula is C19H22O7. The molecule has 7 heteroatoms. The van der Waals surface area contributed by atoms with Crippen LogP contribution in [-0.2, 0) is 16.1 Å². The molecule has 0 saturated heterocycles. The summed E-state index contributed by atoms with van der Waals surface area (Å²) in [5.74, 6) is 0.554. The van der Waals surface area contributed by atoms with E-state index in [9.17, 15) is 14.7 Å². The number of aldehydes is 1. The fraction of sp³-hybridized carbons (Fsp3) is 0.263. The lowest BCUT2D eigenvalue weighted by Crippen LogP contribution is -2.02. The summed E-state index contributed by atoms with van der Waals surface area (Å²) in [5.41, 5.74) is 1.27. The minimum absolute atomic E-state index is 0.0399. The average Bonchev–Trinajstić information content (AvgIpc) is 2.67. The molecule has 0 fully saturated rings. The summed E-state index contributed by atoms with van der Waals surface area (Å²) in [6, 6.07) is 9.24. The van der Waals surface area contributed by atoms with Crippen molar-refractivity contribution < 1.29 is 34.0 Å². The maximum atomic E-state index is 10.9. The van der Waals surface area contributed by atoms with Crippen molar-refractivity contribution in [2.45, 2.75) is 20.0 Å². The van der Waals surface area contributed by atoms with Crippen molar-refractivity contribution >= 4 is 12.3 Å². The zero-order valence-corrected chi connectivity index (χ0v) is 14.9. The van der Waals surface area contributed by atoms with Crippen LogP contribution >= 0.6 is 0 Å². The Morgan fingerprint density at radius 3 is 2.12 bits per heavy atom. The zero-order valence-electron chi connectivity index (χ0n) is 14.9. The molecule has 7 nitrogen and oxygen atoms in total. The van der Waals surface area contributed by atoms with Crippen LogP contribution in [0, 0.1) is 0 Å². The van der Waals surface area contributed by atoms with Gasteiger partial charge < -0.3 is 24.4 Å². The molecule has 0 bridgehead atoms. The Morgan fingerprint density at radius 1 is 1.00 bits per heavy atom. The van der Waals surface area contributed by atoms with Crippen molar-refractivity contribution in [3.63, 3.8) is 0 Å². The number of methoxy groups -OCH3 is 2. The van der Waals surface area contributed by atoms with Crippen molar-refractivity contribution in [1.29, 1.82) is 0 Å². The largest absolute Gasteiger partial charge is 0.504 e. The van der Waals surface area contributed by atoms with Gasteiger partial charge in [-0.3, -0.25) is 9.59 Å². The SMILES string of the molecule is CCC(=O)OCc1ccc(O)c(OC)c1.COc1cc(C=O)ccc1O. The predicted octanol–water partition coefficient (Wildman–Crippen LogP) is 3.07. The minimum Gasteiger partial charge on any atom is -0.504 e. The van der Waals surface area contributed by atoms with E-state index >= 15 is 0 Å². The molecule has 0 spiro atoms. The van der Waals surface area contributed by atoms with E-state index in [0.29, 0.717) is 29.8 Å². The third-order valence-corrected chi connectivity index (χ3v) is 3.27. The maximum Gasteiger partial charge on any atom is 0.305 e. The van der Waals surface area contributed by atoms with Crippen LogP contribution in [0.1, 0.15) is 29.3 Å². The molecule has 0 unspecified atom stereocenters. The van der Waals surface area contributed by atoms with E-state index in [2.05, 4.69) is 0 Å². The normalized spacial score (nSPS) is 9.50. The highest BCUT2D eigenvalue weighted by Crippen LogP contribution is 2.26. The molecule has 0 amide bonds. The monoisotopic (exact) mass is 362 g/mol. The lowest BCUT2D eigenvalue weighted by atomic mass is 10.2. The second-order valence-corrected chi connectivity index (χ2v) is 5.07. The van der Waals surface area contributed by atoms with Gasteiger partial charge in [0.15, 0.2) is 23.0 Å². The van der Waals surface area contributed by atoms with Gasteiger partial charge in [-0.15, -0.1) is 0 Å². The summed E-state index contributed by atoms with van der Waals surface area (Å²) >= 11 is 0. The molecule has 0 aliphatic carbocycles. The molecule has 0 radical (unpaired) electrons. The summed E-state index contributed by atoms with van der Waals surface area (Å²) in [5, 5.41) is 18.4. The van der Waals surface area contributed by atoms with Gasteiger partial charge in [-0.2, -0.15) is 0 Å². The fourth-order valence-electron chi connectivity index (χ4n) is 1.85. The Morgan fingerprint density at radius 2 is 1.58 bits per heavy atom. The molecule has 2 aromatic carbocycles. The van der Waals surface area contributed by atoms with Gasteiger partial charge in [0, 0.05) is 12.0 Å². The summed E-state index contributed by atoms with van der Waals surface area (Å²) in [4.78, 5) is 21.2. The van der Waals surface area contributed by atoms with E-state index in [0.717, 1.165) is 5.56 Å². The number of aromatic hydroxyl groups is 2. The van der Waals surface area contributed by atoms with Crippen molar-refractivity contribution in [3.05, 3.63) is 47.5 Å². The highest BCUT2D eigenvalue weighted by atomic mass is 16.5. The van der Waals surface area contributed by atoms with Gasteiger partial charge in [0.25, 0.3) is 0 Å². The Kier molecular flexibility index (Phi) is 8.49. The highest BCUT2D eigenvalue weighted by molar-refractivity contribution is 5.76. The molecule has 0 atom stereocenters. The van der Waals surface area contributed by atoms with Crippen LogP contribution < -0.4 is 9.47 Å². The quantitative estimate of drug-likeness (QED) is 0.601. The average molecular weight is 362 g/mol. The van der Waals surface area contributed by atoms with E-state index in [-0.39, 0.29) is 24.1 Å². The van der Waals surface area contributed by atoms with E-state index < -0.39 is 0 Å². The van der Waals surface area contributed by atoms with Crippen LogP contribution in [0.25, 0.3) is 0 Å². The highest BCUT2D eigenvalue weighted by Gasteiger charge is 2.04. The van der Waals surface area contributed by atoms with E-state index in [1.807, 2.05) is 0 Å². The Bertz CT molecular complexity index is 741. The predicted molar refractivity (Wildman–Crippen MR) is 94.8 cm³/mol. The van der Waals surface area contributed by atoms with Gasteiger partial charge in [0.05, 0.1) is 14.2 Å². The number of hydrogen-bond donors (Lipinski definition) is 2. The van der Waals surface area contributed by atoms with Crippen molar-refractivity contribution in [1.82, 2.24) is 0 Å². The third-order valence-electron chi connectivity index (χ3n) is 3.27. The smallest absolute Gasteiger partial charge is 0.305 e. The minimum atomic E-state index is -0.248. The lowest BCUT2D eigenvalue weighted by molar-refractivity contribution is -0.144. The second kappa shape index (κ2) is 10.6. The van der Waals surface area contributed by atoms with Crippen LogP contribution in [0.2, 0.25) is 0 Å². The first-order chi connectivity index (χ1) is 12.4. The topological polar surface area (TPSA) is 102 Å². The molecule has 0 aliphatic rings. The molecule has 0 saturated carbocycles. The van der Waals surface area contributed by atoms with Crippen LogP contribution in [0.5, 0.6) is 23.0 Å². The third kappa shape index (κ3) is 6.35. The number of phenolic OH excluding ortho intramolecular Hbond substituents is 2.